The summed E-state index contributed by atoms with van der Waals surface area (Å²) in [6.45, 7) is 0.419. The molecular formula is C13H20N3O+. The van der Waals surface area contributed by atoms with Crippen molar-refractivity contribution in [2.75, 3.05) is 27.7 Å². The second kappa shape index (κ2) is 6.15. The van der Waals surface area contributed by atoms with Gasteiger partial charge in [-0.15, -0.1) is 0 Å². The molecule has 1 rings (SSSR count). The first-order valence-electron chi connectivity index (χ1n) is 5.62. The molecule has 0 bridgehead atoms. The number of hydrazone groups is 1. The summed E-state index contributed by atoms with van der Waals surface area (Å²) >= 11 is 0. The molecule has 0 aliphatic heterocycles. The van der Waals surface area contributed by atoms with Crippen molar-refractivity contribution in [3.63, 3.8) is 0 Å². The Hall–Kier alpha value is -1.68. The zero-order valence-electron chi connectivity index (χ0n) is 10.7. The van der Waals surface area contributed by atoms with E-state index in [-0.39, 0.29) is 5.91 Å². The monoisotopic (exact) mass is 234 g/mol. The van der Waals surface area contributed by atoms with E-state index >= 15 is 0 Å². The van der Waals surface area contributed by atoms with Crippen LogP contribution in [0.15, 0.2) is 35.4 Å². The van der Waals surface area contributed by atoms with Crippen LogP contribution in [0.1, 0.15) is 5.56 Å². The molecule has 0 aromatic heterocycles. The maximum Gasteiger partial charge on any atom is 0.295 e. The second-order valence-corrected chi connectivity index (χ2v) is 4.98. The quantitative estimate of drug-likeness (QED) is 0.461. The number of quaternary nitrogens is 1. The Morgan fingerprint density at radius 3 is 2.53 bits per heavy atom. The van der Waals surface area contributed by atoms with Crippen LogP contribution in [0.4, 0.5) is 0 Å². The average Bonchev–Trinajstić information content (AvgIpc) is 2.23. The van der Waals surface area contributed by atoms with Crippen molar-refractivity contribution in [2.24, 2.45) is 5.10 Å². The van der Waals surface area contributed by atoms with Gasteiger partial charge >= 0.3 is 0 Å². The predicted molar refractivity (Wildman–Crippen MR) is 69.7 cm³/mol. The normalized spacial score (nSPS) is 11.7. The molecule has 4 nitrogen and oxygen atoms in total. The third kappa shape index (κ3) is 6.48. The molecule has 0 unspecified atom stereocenters. The van der Waals surface area contributed by atoms with Gasteiger partial charge in [-0.25, -0.2) is 5.43 Å². The molecule has 0 atom stereocenters. The number of hydrogen-bond acceptors (Lipinski definition) is 2. The van der Waals surface area contributed by atoms with Crippen LogP contribution in [0.25, 0.3) is 0 Å². The molecule has 1 amide bonds. The molecular weight excluding hydrogens is 214 g/mol. The van der Waals surface area contributed by atoms with Crippen LogP contribution in [0.3, 0.4) is 0 Å². The standard InChI is InChI=1S/C13H19N3O/c1-16(2,3)11-13(17)15-14-10-9-12-7-5-4-6-8-12/h4-8,10H,9,11H2,1-3H3/p+1. The summed E-state index contributed by atoms with van der Waals surface area (Å²) in [5, 5.41) is 3.92. The third-order valence-corrected chi connectivity index (χ3v) is 2.07. The number of nitrogens with zero attached hydrogens (tertiary/aromatic N) is 2. The first-order chi connectivity index (χ1) is 7.97. The number of benzene rings is 1. The highest BCUT2D eigenvalue weighted by Crippen LogP contribution is 1.97. The number of carbonyl (C=O) groups excluding carboxylic acids is 1. The lowest BCUT2D eigenvalue weighted by Gasteiger charge is -2.21. The van der Waals surface area contributed by atoms with Gasteiger partial charge in [0.2, 0.25) is 0 Å². The summed E-state index contributed by atoms with van der Waals surface area (Å²) < 4.78 is 0.597. The van der Waals surface area contributed by atoms with Gasteiger partial charge in [-0.1, -0.05) is 30.3 Å². The van der Waals surface area contributed by atoms with Gasteiger partial charge in [0.1, 0.15) is 0 Å². The van der Waals surface area contributed by atoms with E-state index in [1.165, 1.54) is 5.56 Å². The Morgan fingerprint density at radius 2 is 1.94 bits per heavy atom. The van der Waals surface area contributed by atoms with Crippen LogP contribution < -0.4 is 5.43 Å². The van der Waals surface area contributed by atoms with Crippen LogP contribution in [0.5, 0.6) is 0 Å². The van der Waals surface area contributed by atoms with Crippen molar-refractivity contribution in [1.82, 2.24) is 5.43 Å². The summed E-state index contributed by atoms with van der Waals surface area (Å²) in [4.78, 5) is 11.4. The minimum atomic E-state index is -0.0678. The van der Waals surface area contributed by atoms with E-state index < -0.39 is 0 Å². The maximum absolute atomic E-state index is 11.4. The van der Waals surface area contributed by atoms with E-state index in [0.717, 1.165) is 6.42 Å². The van der Waals surface area contributed by atoms with Gasteiger partial charge in [0.15, 0.2) is 6.54 Å². The van der Waals surface area contributed by atoms with E-state index in [9.17, 15) is 4.79 Å². The minimum Gasteiger partial charge on any atom is -0.323 e. The molecule has 1 aromatic carbocycles. The van der Waals surface area contributed by atoms with E-state index in [0.29, 0.717) is 11.0 Å². The Kier molecular flexibility index (Phi) is 4.84. The van der Waals surface area contributed by atoms with Gasteiger partial charge < -0.3 is 4.48 Å². The number of hydrogen-bond donors (Lipinski definition) is 1. The number of amides is 1. The molecule has 0 radical (unpaired) electrons. The van der Waals surface area contributed by atoms with Crippen molar-refractivity contribution in [2.45, 2.75) is 6.42 Å². The predicted octanol–water partition coefficient (Wildman–Crippen LogP) is 1.04. The topological polar surface area (TPSA) is 41.5 Å². The number of likely N-dealkylation sites (N-methyl/N-ethyl adjacent to an activating group) is 1. The highest BCUT2D eigenvalue weighted by molar-refractivity contribution is 5.77. The van der Waals surface area contributed by atoms with Crippen molar-refractivity contribution >= 4 is 12.1 Å². The molecule has 1 N–H and O–H groups in total. The van der Waals surface area contributed by atoms with Crippen LogP contribution >= 0.6 is 0 Å². The van der Waals surface area contributed by atoms with E-state index in [4.69, 9.17) is 0 Å². The van der Waals surface area contributed by atoms with Gasteiger partial charge in [-0.2, -0.15) is 5.10 Å². The molecule has 0 aliphatic rings. The summed E-state index contributed by atoms with van der Waals surface area (Å²) in [6, 6.07) is 10.0. The highest BCUT2D eigenvalue weighted by Gasteiger charge is 2.12. The van der Waals surface area contributed by atoms with Crippen molar-refractivity contribution in [3.8, 4) is 0 Å². The Morgan fingerprint density at radius 1 is 1.29 bits per heavy atom. The van der Waals surface area contributed by atoms with Crippen molar-refractivity contribution < 1.29 is 9.28 Å². The Balaban J connectivity index is 2.29. The zero-order chi connectivity index (χ0) is 12.7. The average molecular weight is 234 g/mol. The first-order valence-corrected chi connectivity index (χ1v) is 5.62. The fourth-order valence-electron chi connectivity index (χ4n) is 1.35. The molecule has 0 heterocycles. The van der Waals surface area contributed by atoms with Crippen LogP contribution in [0, 0.1) is 0 Å². The largest absolute Gasteiger partial charge is 0.323 e. The van der Waals surface area contributed by atoms with Crippen molar-refractivity contribution in [1.29, 1.82) is 0 Å². The summed E-state index contributed by atoms with van der Waals surface area (Å²) in [6.07, 6.45) is 2.44. The molecule has 0 fully saturated rings. The number of carbonyl (C=O) groups is 1. The molecule has 0 saturated heterocycles. The third-order valence-electron chi connectivity index (χ3n) is 2.07. The zero-order valence-corrected chi connectivity index (χ0v) is 10.7. The van der Waals surface area contributed by atoms with E-state index in [1.807, 2.05) is 51.5 Å². The molecule has 0 spiro atoms. The SMILES string of the molecule is C[N+](C)(C)CC(=O)NN=CCc1ccccc1. The second-order valence-electron chi connectivity index (χ2n) is 4.98. The van der Waals surface area contributed by atoms with Gasteiger partial charge in [0.25, 0.3) is 5.91 Å². The fourth-order valence-corrected chi connectivity index (χ4v) is 1.35. The minimum absolute atomic E-state index is 0.0678. The smallest absolute Gasteiger partial charge is 0.295 e. The molecule has 0 saturated carbocycles. The highest BCUT2D eigenvalue weighted by atomic mass is 16.2. The Bertz CT molecular complexity index is 379. The molecule has 0 aliphatic carbocycles. The number of nitrogens with one attached hydrogen (secondary N) is 1. The number of rotatable bonds is 5. The van der Waals surface area contributed by atoms with Gasteiger partial charge in [-0.3, -0.25) is 4.79 Å². The first kappa shape index (κ1) is 13.4. The Labute approximate surface area is 103 Å². The summed E-state index contributed by atoms with van der Waals surface area (Å²) in [7, 11) is 5.90. The molecule has 17 heavy (non-hydrogen) atoms. The summed E-state index contributed by atoms with van der Waals surface area (Å²) in [5.41, 5.74) is 3.70. The molecule has 4 heteroatoms. The van der Waals surface area contributed by atoms with Gasteiger partial charge in [0, 0.05) is 12.6 Å². The lowest BCUT2D eigenvalue weighted by Crippen LogP contribution is -2.43. The molecule has 1 aromatic rings. The van der Waals surface area contributed by atoms with E-state index in [1.54, 1.807) is 6.21 Å². The van der Waals surface area contributed by atoms with Gasteiger partial charge in [-0.05, 0) is 5.56 Å². The van der Waals surface area contributed by atoms with Crippen molar-refractivity contribution in [3.05, 3.63) is 35.9 Å². The van der Waals surface area contributed by atoms with Gasteiger partial charge in [0.05, 0.1) is 21.1 Å². The fraction of sp³-hybridized carbons (Fsp3) is 0.385. The van der Waals surface area contributed by atoms with Crippen LogP contribution in [-0.4, -0.2) is 44.3 Å². The van der Waals surface area contributed by atoms with Crippen LogP contribution in [0.2, 0.25) is 0 Å². The lowest BCUT2D eigenvalue weighted by atomic mass is 10.2. The summed E-state index contributed by atoms with van der Waals surface area (Å²) in [5.74, 6) is -0.0678. The maximum atomic E-state index is 11.4. The molecule has 92 valence electrons. The van der Waals surface area contributed by atoms with Crippen LogP contribution in [-0.2, 0) is 11.2 Å². The lowest BCUT2D eigenvalue weighted by molar-refractivity contribution is -0.862. The van der Waals surface area contributed by atoms with E-state index in [2.05, 4.69) is 10.5 Å².